The molecule has 0 bridgehead atoms. The van der Waals surface area contributed by atoms with Gasteiger partial charge in [0.15, 0.2) is 11.6 Å². The SMILES string of the molecule is CN1CCCC(Oc2ccc(C(=O)O)cc2F)CC1. The molecule has 1 aromatic carbocycles. The average Bonchev–Trinajstić information content (AvgIpc) is 2.57. The van der Waals surface area contributed by atoms with Crippen LogP contribution in [0.4, 0.5) is 4.39 Å². The average molecular weight is 267 g/mol. The Hall–Kier alpha value is -1.62. The minimum absolute atomic E-state index is 0.00451. The summed E-state index contributed by atoms with van der Waals surface area (Å²) >= 11 is 0. The highest BCUT2D eigenvalue weighted by molar-refractivity contribution is 5.87. The van der Waals surface area contributed by atoms with Gasteiger partial charge in [0.05, 0.1) is 5.56 Å². The number of carbonyl (C=O) groups is 1. The maximum Gasteiger partial charge on any atom is 0.335 e. The summed E-state index contributed by atoms with van der Waals surface area (Å²) in [5.74, 6) is -1.61. The molecule has 0 amide bonds. The molecule has 1 N–H and O–H groups in total. The van der Waals surface area contributed by atoms with Gasteiger partial charge in [-0.15, -0.1) is 0 Å². The number of ether oxygens (including phenoxy) is 1. The van der Waals surface area contributed by atoms with Crippen molar-refractivity contribution in [3.8, 4) is 5.75 Å². The smallest absolute Gasteiger partial charge is 0.335 e. The van der Waals surface area contributed by atoms with Crippen LogP contribution in [0.3, 0.4) is 0 Å². The van der Waals surface area contributed by atoms with E-state index in [1.54, 1.807) is 0 Å². The van der Waals surface area contributed by atoms with E-state index >= 15 is 0 Å². The Bertz CT molecular complexity index is 464. The fourth-order valence-corrected chi connectivity index (χ4v) is 2.24. The first kappa shape index (κ1) is 13.8. The van der Waals surface area contributed by atoms with Crippen LogP contribution in [-0.2, 0) is 0 Å². The van der Waals surface area contributed by atoms with Gasteiger partial charge in [-0.1, -0.05) is 0 Å². The van der Waals surface area contributed by atoms with E-state index in [4.69, 9.17) is 9.84 Å². The fourth-order valence-electron chi connectivity index (χ4n) is 2.24. The van der Waals surface area contributed by atoms with Gasteiger partial charge >= 0.3 is 5.97 Å². The number of hydrogen-bond acceptors (Lipinski definition) is 3. The second-order valence-electron chi connectivity index (χ2n) is 4.92. The number of benzene rings is 1. The van der Waals surface area contributed by atoms with Crippen molar-refractivity contribution in [2.24, 2.45) is 0 Å². The van der Waals surface area contributed by atoms with Gasteiger partial charge in [0.1, 0.15) is 6.10 Å². The lowest BCUT2D eigenvalue weighted by Crippen LogP contribution is -2.21. The number of nitrogens with zero attached hydrogens (tertiary/aromatic N) is 1. The van der Waals surface area contributed by atoms with Gasteiger partial charge in [0, 0.05) is 6.54 Å². The van der Waals surface area contributed by atoms with Crippen LogP contribution in [0.5, 0.6) is 5.75 Å². The second kappa shape index (κ2) is 6.02. The molecule has 5 heteroatoms. The van der Waals surface area contributed by atoms with Gasteiger partial charge < -0.3 is 14.7 Å². The Morgan fingerprint density at radius 3 is 2.89 bits per heavy atom. The fraction of sp³-hybridized carbons (Fsp3) is 0.500. The van der Waals surface area contributed by atoms with Crippen LogP contribution in [0.15, 0.2) is 18.2 Å². The number of hydrogen-bond donors (Lipinski definition) is 1. The van der Waals surface area contributed by atoms with Crippen molar-refractivity contribution in [2.45, 2.75) is 25.4 Å². The van der Waals surface area contributed by atoms with E-state index in [-0.39, 0.29) is 17.4 Å². The Kier molecular flexibility index (Phi) is 4.37. The van der Waals surface area contributed by atoms with E-state index in [2.05, 4.69) is 11.9 Å². The van der Waals surface area contributed by atoms with Gasteiger partial charge in [0.25, 0.3) is 0 Å². The third-order valence-electron chi connectivity index (χ3n) is 3.37. The highest BCUT2D eigenvalue weighted by atomic mass is 19.1. The Morgan fingerprint density at radius 2 is 2.21 bits per heavy atom. The number of rotatable bonds is 3. The third-order valence-corrected chi connectivity index (χ3v) is 3.37. The van der Waals surface area contributed by atoms with E-state index in [1.807, 2.05) is 0 Å². The van der Waals surface area contributed by atoms with E-state index in [0.717, 1.165) is 38.4 Å². The lowest BCUT2D eigenvalue weighted by molar-refractivity contribution is 0.0696. The Balaban J connectivity index is 2.04. The number of aromatic carboxylic acids is 1. The topological polar surface area (TPSA) is 49.8 Å². The second-order valence-corrected chi connectivity index (χ2v) is 4.92. The molecule has 4 nitrogen and oxygen atoms in total. The molecular formula is C14H18FNO3. The number of likely N-dealkylation sites (tertiary alicyclic amines) is 1. The van der Waals surface area contributed by atoms with Crippen LogP contribution >= 0.6 is 0 Å². The molecule has 1 aliphatic heterocycles. The molecule has 0 spiro atoms. The number of carboxylic acids is 1. The quantitative estimate of drug-likeness (QED) is 0.913. The summed E-state index contributed by atoms with van der Waals surface area (Å²) in [7, 11) is 2.06. The Labute approximate surface area is 111 Å². The van der Waals surface area contributed by atoms with E-state index in [1.165, 1.54) is 12.1 Å². The minimum Gasteiger partial charge on any atom is -0.487 e. The molecule has 2 rings (SSSR count). The van der Waals surface area contributed by atoms with E-state index in [9.17, 15) is 9.18 Å². The summed E-state index contributed by atoms with van der Waals surface area (Å²) < 4.78 is 19.4. The van der Waals surface area contributed by atoms with Gasteiger partial charge in [0.2, 0.25) is 0 Å². The van der Waals surface area contributed by atoms with Crippen LogP contribution in [0.1, 0.15) is 29.6 Å². The molecule has 104 valence electrons. The summed E-state index contributed by atoms with van der Waals surface area (Å²) in [6.07, 6.45) is 2.77. The van der Waals surface area contributed by atoms with Gasteiger partial charge in [-0.25, -0.2) is 9.18 Å². The van der Waals surface area contributed by atoms with Crippen molar-refractivity contribution in [1.82, 2.24) is 4.90 Å². The zero-order chi connectivity index (χ0) is 13.8. The van der Waals surface area contributed by atoms with Crippen molar-refractivity contribution in [1.29, 1.82) is 0 Å². The van der Waals surface area contributed by atoms with Crippen LogP contribution in [0.2, 0.25) is 0 Å². The third kappa shape index (κ3) is 3.67. The largest absolute Gasteiger partial charge is 0.487 e. The van der Waals surface area contributed by atoms with Gasteiger partial charge in [-0.05, 0) is 51.1 Å². The predicted molar refractivity (Wildman–Crippen MR) is 69.1 cm³/mol. The van der Waals surface area contributed by atoms with Crippen LogP contribution < -0.4 is 4.74 Å². The van der Waals surface area contributed by atoms with Crippen LogP contribution in [-0.4, -0.2) is 42.2 Å². The molecule has 0 saturated carbocycles. The lowest BCUT2D eigenvalue weighted by Gasteiger charge is -2.18. The van der Waals surface area contributed by atoms with Crippen LogP contribution in [0.25, 0.3) is 0 Å². The van der Waals surface area contributed by atoms with E-state index in [0.29, 0.717) is 0 Å². The molecule has 1 atom stereocenters. The molecule has 0 radical (unpaired) electrons. The summed E-state index contributed by atoms with van der Waals surface area (Å²) in [6, 6.07) is 3.76. The van der Waals surface area contributed by atoms with Crippen molar-refractivity contribution < 1.29 is 19.0 Å². The monoisotopic (exact) mass is 267 g/mol. The zero-order valence-electron chi connectivity index (χ0n) is 10.9. The van der Waals surface area contributed by atoms with Gasteiger partial charge in [-0.3, -0.25) is 0 Å². The summed E-state index contributed by atoms with van der Waals surface area (Å²) in [6.45, 7) is 1.96. The highest BCUT2D eigenvalue weighted by Crippen LogP contribution is 2.23. The maximum atomic E-state index is 13.7. The van der Waals surface area contributed by atoms with Crippen molar-refractivity contribution in [3.05, 3.63) is 29.6 Å². The maximum absolute atomic E-state index is 13.7. The summed E-state index contributed by atoms with van der Waals surface area (Å²) in [5.41, 5.74) is -0.0644. The molecule has 1 fully saturated rings. The summed E-state index contributed by atoms with van der Waals surface area (Å²) in [5, 5.41) is 8.77. The normalized spacial score (nSPS) is 20.8. The number of halogens is 1. The van der Waals surface area contributed by atoms with Crippen molar-refractivity contribution in [3.63, 3.8) is 0 Å². The molecule has 1 saturated heterocycles. The van der Waals surface area contributed by atoms with Crippen molar-refractivity contribution >= 4 is 5.97 Å². The first-order chi connectivity index (χ1) is 9.06. The first-order valence-corrected chi connectivity index (χ1v) is 6.44. The lowest BCUT2D eigenvalue weighted by atomic mass is 10.1. The molecule has 0 aliphatic carbocycles. The molecular weight excluding hydrogens is 249 g/mol. The molecule has 1 aromatic rings. The molecule has 1 aliphatic rings. The molecule has 1 unspecified atom stereocenters. The van der Waals surface area contributed by atoms with Crippen molar-refractivity contribution in [2.75, 3.05) is 20.1 Å². The first-order valence-electron chi connectivity index (χ1n) is 6.44. The molecule has 0 aromatic heterocycles. The summed E-state index contributed by atoms with van der Waals surface area (Å²) in [4.78, 5) is 13.0. The predicted octanol–water partition coefficient (Wildman–Crippen LogP) is 2.39. The standard InChI is InChI=1S/C14H18FNO3/c1-16-7-2-3-11(6-8-16)19-13-5-4-10(14(17)18)9-12(13)15/h4-5,9,11H,2-3,6-8H2,1H3,(H,17,18). The van der Waals surface area contributed by atoms with Gasteiger partial charge in [-0.2, -0.15) is 0 Å². The molecule has 19 heavy (non-hydrogen) atoms. The Morgan fingerprint density at radius 1 is 1.42 bits per heavy atom. The molecule has 1 heterocycles. The zero-order valence-corrected chi connectivity index (χ0v) is 10.9. The van der Waals surface area contributed by atoms with E-state index < -0.39 is 11.8 Å². The highest BCUT2D eigenvalue weighted by Gasteiger charge is 2.18. The van der Waals surface area contributed by atoms with Crippen LogP contribution in [0, 0.1) is 5.82 Å². The minimum atomic E-state index is -1.14. The number of carboxylic acid groups (broad SMARTS) is 1.